The average Bonchev–Trinajstić information content (AvgIpc) is 3.29. The molecular formula is C29H27F2NO4. The van der Waals surface area contributed by atoms with Crippen LogP contribution in [0, 0.1) is 18.6 Å². The van der Waals surface area contributed by atoms with Crippen molar-refractivity contribution in [2.45, 2.75) is 27.3 Å². The van der Waals surface area contributed by atoms with Crippen LogP contribution in [-0.2, 0) is 11.3 Å². The van der Waals surface area contributed by atoms with Crippen LogP contribution in [0.3, 0.4) is 0 Å². The first-order valence-electron chi connectivity index (χ1n) is 11.6. The van der Waals surface area contributed by atoms with Gasteiger partial charge in [-0.3, -0.25) is 4.79 Å². The van der Waals surface area contributed by atoms with E-state index in [1.165, 1.54) is 12.1 Å². The third kappa shape index (κ3) is 4.96. The second-order valence-electron chi connectivity index (χ2n) is 8.31. The van der Waals surface area contributed by atoms with E-state index >= 15 is 0 Å². The van der Waals surface area contributed by atoms with E-state index < -0.39 is 17.5 Å². The third-order valence-electron chi connectivity index (χ3n) is 6.01. The Morgan fingerprint density at radius 1 is 1.11 bits per heavy atom. The molecule has 0 aliphatic heterocycles. The summed E-state index contributed by atoms with van der Waals surface area (Å²) in [5.41, 5.74) is 4.53. The monoisotopic (exact) mass is 491 g/mol. The summed E-state index contributed by atoms with van der Waals surface area (Å²) < 4.78 is 44.9. The van der Waals surface area contributed by atoms with Gasteiger partial charge in [-0.25, -0.2) is 8.78 Å². The van der Waals surface area contributed by atoms with Crippen molar-refractivity contribution in [1.29, 1.82) is 0 Å². The third-order valence-corrected chi connectivity index (χ3v) is 6.01. The first-order chi connectivity index (χ1) is 17.3. The molecule has 3 aromatic carbocycles. The zero-order chi connectivity index (χ0) is 25.8. The fraction of sp³-hybridized carbons (Fsp3) is 0.207. The van der Waals surface area contributed by atoms with Crippen molar-refractivity contribution in [1.82, 2.24) is 5.32 Å². The Kier molecular flexibility index (Phi) is 7.38. The van der Waals surface area contributed by atoms with Gasteiger partial charge in [-0.05, 0) is 62.2 Å². The van der Waals surface area contributed by atoms with Crippen molar-refractivity contribution >= 4 is 22.4 Å². The molecule has 36 heavy (non-hydrogen) atoms. The van der Waals surface area contributed by atoms with Crippen molar-refractivity contribution in [3.63, 3.8) is 0 Å². The van der Waals surface area contributed by atoms with Crippen LogP contribution in [0.1, 0.15) is 30.5 Å². The van der Waals surface area contributed by atoms with Gasteiger partial charge in [0.15, 0.2) is 0 Å². The summed E-state index contributed by atoms with van der Waals surface area (Å²) in [4.78, 5) is 12.6. The first kappa shape index (κ1) is 25.0. The Bertz CT molecular complexity index is 1420. The normalized spacial score (nSPS) is 11.6. The first-order valence-corrected chi connectivity index (χ1v) is 11.6. The second-order valence-corrected chi connectivity index (χ2v) is 8.31. The molecule has 1 N–H and O–H groups in total. The number of benzene rings is 3. The number of hydrogen-bond acceptors (Lipinski definition) is 4. The summed E-state index contributed by atoms with van der Waals surface area (Å²) in [6, 6.07) is 13.2. The quantitative estimate of drug-likeness (QED) is 0.275. The number of carbonyl (C=O) groups excluding carboxylic acids is 1. The van der Waals surface area contributed by atoms with Crippen LogP contribution in [-0.4, -0.2) is 19.6 Å². The number of furan rings is 1. The summed E-state index contributed by atoms with van der Waals surface area (Å²) in [5.74, 6) is -0.522. The molecule has 1 aromatic heterocycles. The number of carbonyl (C=O) groups is 1. The number of halogens is 2. The number of ether oxygens (including phenoxy) is 2. The number of rotatable bonds is 8. The highest BCUT2D eigenvalue weighted by Crippen LogP contribution is 2.41. The highest BCUT2D eigenvalue weighted by Gasteiger charge is 2.19. The number of fused-ring (bicyclic) bond motifs is 1. The van der Waals surface area contributed by atoms with E-state index in [9.17, 15) is 13.6 Å². The van der Waals surface area contributed by atoms with Crippen LogP contribution in [0.15, 0.2) is 65.3 Å². The minimum Gasteiger partial charge on any atom is -0.497 e. The number of amides is 1. The molecule has 0 atom stereocenters. The number of hydrogen-bond donors (Lipinski definition) is 1. The van der Waals surface area contributed by atoms with E-state index in [4.69, 9.17) is 13.9 Å². The minimum absolute atomic E-state index is 0.188. The van der Waals surface area contributed by atoms with Crippen LogP contribution >= 0.6 is 0 Å². The minimum atomic E-state index is -0.707. The molecule has 0 fully saturated rings. The number of allylic oxidation sites excluding steroid dienone is 1. The number of methoxy groups -OCH3 is 1. The van der Waals surface area contributed by atoms with Crippen LogP contribution in [0.2, 0.25) is 0 Å². The van der Waals surface area contributed by atoms with Crippen molar-refractivity contribution in [3.8, 4) is 22.6 Å². The Balaban J connectivity index is 1.70. The average molecular weight is 492 g/mol. The highest BCUT2D eigenvalue weighted by atomic mass is 19.1. The van der Waals surface area contributed by atoms with Crippen molar-refractivity contribution in [3.05, 3.63) is 89.2 Å². The van der Waals surface area contributed by atoms with Gasteiger partial charge in [-0.2, -0.15) is 0 Å². The number of aryl methyl sites for hydroxylation is 1. The van der Waals surface area contributed by atoms with Gasteiger partial charge in [-0.15, -0.1) is 0 Å². The van der Waals surface area contributed by atoms with Gasteiger partial charge in [0.1, 0.15) is 28.7 Å². The van der Waals surface area contributed by atoms with Gasteiger partial charge in [-0.1, -0.05) is 18.2 Å². The molecule has 0 spiro atoms. The molecule has 0 saturated carbocycles. The maximum absolute atomic E-state index is 13.9. The Morgan fingerprint density at radius 3 is 2.44 bits per heavy atom. The maximum Gasteiger partial charge on any atom is 0.244 e. The van der Waals surface area contributed by atoms with Crippen molar-refractivity contribution in [2.75, 3.05) is 13.7 Å². The van der Waals surface area contributed by atoms with E-state index in [0.717, 1.165) is 45.5 Å². The van der Waals surface area contributed by atoms with Crippen LogP contribution < -0.4 is 14.8 Å². The highest BCUT2D eigenvalue weighted by molar-refractivity contribution is 6.01. The Labute approximate surface area is 208 Å². The van der Waals surface area contributed by atoms with E-state index in [1.807, 2.05) is 44.2 Å². The Hall–Kier alpha value is -4.13. The zero-order valence-corrected chi connectivity index (χ0v) is 20.6. The molecule has 4 rings (SSSR count). The molecule has 0 aliphatic rings. The standard InChI is InChI=1S/C29H27F2NO4/c1-5-35-28-18(3)29-22(24(16-36-29)19-9-11-20(34-4)12-10-19)14-21(28)17(2)13-27(33)32-15-23-25(30)7-6-8-26(23)31/h6-14,16H,5,15H2,1-4H3,(H,32,33)/b17-13+. The van der Waals surface area contributed by atoms with Gasteiger partial charge in [0, 0.05) is 40.3 Å². The lowest BCUT2D eigenvalue weighted by atomic mass is 9.96. The maximum atomic E-state index is 13.9. The fourth-order valence-corrected chi connectivity index (χ4v) is 4.14. The molecule has 7 heteroatoms. The van der Waals surface area contributed by atoms with Crippen molar-refractivity contribution in [2.24, 2.45) is 0 Å². The predicted octanol–water partition coefficient (Wildman–Crippen LogP) is 6.81. The van der Waals surface area contributed by atoms with E-state index in [2.05, 4.69) is 5.32 Å². The molecule has 1 amide bonds. The lowest BCUT2D eigenvalue weighted by Crippen LogP contribution is -2.22. The van der Waals surface area contributed by atoms with Gasteiger partial charge in [0.2, 0.25) is 5.91 Å². The smallest absolute Gasteiger partial charge is 0.244 e. The topological polar surface area (TPSA) is 60.7 Å². The van der Waals surface area contributed by atoms with Gasteiger partial charge >= 0.3 is 0 Å². The molecule has 0 radical (unpaired) electrons. The fourth-order valence-electron chi connectivity index (χ4n) is 4.14. The molecule has 1 heterocycles. The predicted molar refractivity (Wildman–Crippen MR) is 136 cm³/mol. The van der Waals surface area contributed by atoms with E-state index in [-0.39, 0.29) is 12.1 Å². The molecule has 5 nitrogen and oxygen atoms in total. The molecule has 0 bridgehead atoms. The largest absolute Gasteiger partial charge is 0.497 e. The van der Waals surface area contributed by atoms with Gasteiger partial charge in [0.05, 0.1) is 20.0 Å². The summed E-state index contributed by atoms with van der Waals surface area (Å²) in [7, 11) is 1.62. The second kappa shape index (κ2) is 10.6. The molecule has 186 valence electrons. The van der Waals surface area contributed by atoms with Gasteiger partial charge < -0.3 is 19.2 Å². The summed E-state index contributed by atoms with van der Waals surface area (Å²) in [6.45, 7) is 5.75. The van der Waals surface area contributed by atoms with Crippen LogP contribution in [0.4, 0.5) is 8.78 Å². The van der Waals surface area contributed by atoms with Crippen LogP contribution in [0.25, 0.3) is 27.7 Å². The van der Waals surface area contributed by atoms with Crippen molar-refractivity contribution < 1.29 is 27.5 Å². The lowest BCUT2D eigenvalue weighted by molar-refractivity contribution is -0.116. The zero-order valence-electron chi connectivity index (χ0n) is 20.6. The summed E-state index contributed by atoms with van der Waals surface area (Å²) in [5, 5.41) is 3.43. The summed E-state index contributed by atoms with van der Waals surface area (Å²) in [6.07, 6.45) is 3.10. The molecule has 0 unspecified atom stereocenters. The van der Waals surface area contributed by atoms with Crippen LogP contribution in [0.5, 0.6) is 11.5 Å². The molecule has 4 aromatic rings. The summed E-state index contributed by atoms with van der Waals surface area (Å²) >= 11 is 0. The molecular weight excluding hydrogens is 464 g/mol. The van der Waals surface area contributed by atoms with E-state index in [1.54, 1.807) is 20.3 Å². The van der Waals surface area contributed by atoms with Gasteiger partial charge in [0.25, 0.3) is 0 Å². The lowest BCUT2D eigenvalue weighted by Gasteiger charge is -2.15. The van der Waals surface area contributed by atoms with E-state index in [0.29, 0.717) is 23.5 Å². The number of nitrogens with one attached hydrogen (secondary N) is 1. The molecule has 0 aliphatic carbocycles. The SMILES string of the molecule is CCOc1c(/C(C)=C/C(=O)NCc2c(F)cccc2F)cc2c(-c3ccc(OC)cc3)coc2c1C. The molecule has 0 saturated heterocycles. The Morgan fingerprint density at radius 2 is 1.81 bits per heavy atom.